The Labute approximate surface area is 131 Å². The van der Waals surface area contributed by atoms with Gasteiger partial charge in [0, 0.05) is 39.3 Å². The van der Waals surface area contributed by atoms with Crippen LogP contribution < -0.4 is 5.32 Å². The number of aliphatic carboxylic acids is 1. The van der Waals surface area contributed by atoms with Crippen LogP contribution in [-0.2, 0) is 14.3 Å². The normalized spacial score (nSPS) is 21.9. The summed E-state index contributed by atoms with van der Waals surface area (Å²) >= 11 is 0. The molecule has 1 fully saturated rings. The zero-order valence-electron chi connectivity index (χ0n) is 13.7. The van der Waals surface area contributed by atoms with Gasteiger partial charge in [-0.2, -0.15) is 0 Å². The monoisotopic (exact) mass is 316 g/mol. The second kappa shape index (κ2) is 9.63. The smallest absolute Gasteiger partial charge is 0.317 e. The molecule has 0 spiro atoms. The van der Waals surface area contributed by atoms with E-state index in [1.54, 1.807) is 4.90 Å². The predicted molar refractivity (Wildman–Crippen MR) is 81.5 cm³/mol. The van der Waals surface area contributed by atoms with E-state index in [-0.39, 0.29) is 24.8 Å². The first-order valence-corrected chi connectivity index (χ1v) is 7.96. The molecule has 2 N–H and O–H groups in total. The van der Waals surface area contributed by atoms with Gasteiger partial charge >= 0.3 is 12.0 Å². The van der Waals surface area contributed by atoms with Crippen molar-refractivity contribution in [3.8, 4) is 0 Å². The third kappa shape index (κ3) is 6.19. The molecule has 1 saturated heterocycles. The minimum atomic E-state index is -0.836. The Balaban J connectivity index is 2.39. The molecule has 0 saturated carbocycles. The third-order valence-electron chi connectivity index (χ3n) is 3.66. The zero-order valence-corrected chi connectivity index (χ0v) is 13.7. The summed E-state index contributed by atoms with van der Waals surface area (Å²) in [6.45, 7) is 8.17. The molecule has 0 bridgehead atoms. The van der Waals surface area contributed by atoms with Crippen molar-refractivity contribution in [2.75, 3.05) is 32.8 Å². The summed E-state index contributed by atoms with van der Waals surface area (Å²) in [5, 5.41) is 11.9. The van der Waals surface area contributed by atoms with E-state index >= 15 is 0 Å². The molecule has 22 heavy (non-hydrogen) atoms. The average molecular weight is 316 g/mol. The Morgan fingerprint density at radius 1 is 1.27 bits per heavy atom. The molecule has 0 aromatic heterocycles. The van der Waals surface area contributed by atoms with Gasteiger partial charge in [0.1, 0.15) is 0 Å². The molecule has 0 radical (unpaired) electrons. The number of ether oxygens (including phenoxy) is 2. The molecule has 1 heterocycles. The van der Waals surface area contributed by atoms with Crippen molar-refractivity contribution in [2.45, 2.75) is 39.9 Å². The number of hydrogen-bond donors (Lipinski definition) is 2. The number of nitrogens with zero attached hydrogens (tertiary/aromatic N) is 1. The van der Waals surface area contributed by atoms with Gasteiger partial charge in [-0.05, 0) is 26.2 Å². The molecule has 0 aromatic rings. The second-order valence-corrected chi connectivity index (χ2v) is 5.64. The highest BCUT2D eigenvalue weighted by molar-refractivity contribution is 5.76. The summed E-state index contributed by atoms with van der Waals surface area (Å²) in [4.78, 5) is 24.9. The van der Waals surface area contributed by atoms with Crippen molar-refractivity contribution in [1.29, 1.82) is 0 Å². The van der Waals surface area contributed by atoms with Gasteiger partial charge in [-0.25, -0.2) is 4.79 Å². The van der Waals surface area contributed by atoms with Crippen LogP contribution in [0.3, 0.4) is 0 Å². The number of carboxylic acids is 1. The molecule has 7 heteroatoms. The Morgan fingerprint density at radius 3 is 2.45 bits per heavy atom. The minimum Gasteiger partial charge on any atom is -0.481 e. The Kier molecular flexibility index (Phi) is 8.19. The Hall–Kier alpha value is -1.34. The number of carbonyl (C=O) groups excluding carboxylic acids is 1. The van der Waals surface area contributed by atoms with Gasteiger partial charge in [0.25, 0.3) is 0 Å². The summed E-state index contributed by atoms with van der Waals surface area (Å²) in [6, 6.07) is -0.218. The van der Waals surface area contributed by atoms with E-state index in [1.807, 2.05) is 20.8 Å². The lowest BCUT2D eigenvalue weighted by atomic mass is 9.91. The van der Waals surface area contributed by atoms with Gasteiger partial charge in [0.05, 0.1) is 5.92 Å². The SMILES string of the molecule is CCOC(CCNC(=O)N1CC(C)CC(C(=O)O)C1)OCC. The number of carbonyl (C=O) groups is 2. The van der Waals surface area contributed by atoms with Crippen LogP contribution in [-0.4, -0.2) is 61.1 Å². The van der Waals surface area contributed by atoms with Crippen molar-refractivity contribution < 1.29 is 24.2 Å². The van der Waals surface area contributed by atoms with E-state index in [9.17, 15) is 9.59 Å². The highest BCUT2D eigenvalue weighted by Crippen LogP contribution is 2.21. The quantitative estimate of drug-likeness (QED) is 0.663. The van der Waals surface area contributed by atoms with Crippen LogP contribution >= 0.6 is 0 Å². The first-order chi connectivity index (χ1) is 10.5. The van der Waals surface area contributed by atoms with Crippen LogP contribution in [0.4, 0.5) is 4.79 Å². The lowest BCUT2D eigenvalue weighted by Gasteiger charge is -2.34. The highest BCUT2D eigenvalue weighted by Gasteiger charge is 2.31. The topological polar surface area (TPSA) is 88.1 Å². The maximum atomic E-state index is 12.1. The molecule has 2 unspecified atom stereocenters. The maximum Gasteiger partial charge on any atom is 0.317 e. The van der Waals surface area contributed by atoms with Gasteiger partial charge in [0.2, 0.25) is 0 Å². The molecular formula is C15H28N2O5. The van der Waals surface area contributed by atoms with Gasteiger partial charge in [-0.3, -0.25) is 4.79 Å². The first kappa shape index (κ1) is 18.7. The minimum absolute atomic E-state index is 0.195. The fourth-order valence-electron chi connectivity index (χ4n) is 2.69. The molecule has 2 amide bonds. The number of rotatable bonds is 8. The van der Waals surface area contributed by atoms with Crippen molar-refractivity contribution >= 4 is 12.0 Å². The Bertz CT molecular complexity index is 358. The third-order valence-corrected chi connectivity index (χ3v) is 3.66. The lowest BCUT2D eigenvalue weighted by molar-refractivity contribution is -0.143. The molecule has 0 aromatic carbocycles. The van der Waals surface area contributed by atoms with Crippen LogP contribution in [0.5, 0.6) is 0 Å². The average Bonchev–Trinajstić information content (AvgIpc) is 2.46. The number of hydrogen-bond acceptors (Lipinski definition) is 4. The molecule has 0 aliphatic carbocycles. The zero-order chi connectivity index (χ0) is 16.5. The molecule has 7 nitrogen and oxygen atoms in total. The van der Waals surface area contributed by atoms with Crippen LogP contribution in [0.1, 0.15) is 33.6 Å². The highest BCUT2D eigenvalue weighted by atomic mass is 16.7. The van der Waals surface area contributed by atoms with Crippen molar-refractivity contribution in [2.24, 2.45) is 11.8 Å². The number of amides is 2. The summed E-state index contributed by atoms with van der Waals surface area (Å²) in [6.07, 6.45) is 0.872. The molecule has 2 atom stereocenters. The summed E-state index contributed by atoms with van der Waals surface area (Å²) in [7, 11) is 0. The van der Waals surface area contributed by atoms with E-state index in [0.717, 1.165) is 0 Å². The molecule has 1 aliphatic rings. The number of likely N-dealkylation sites (tertiary alicyclic amines) is 1. The van der Waals surface area contributed by atoms with E-state index in [0.29, 0.717) is 39.1 Å². The summed E-state index contributed by atoms with van der Waals surface area (Å²) in [5.74, 6) is -1.12. The maximum absolute atomic E-state index is 12.1. The van der Waals surface area contributed by atoms with Crippen molar-refractivity contribution in [1.82, 2.24) is 10.2 Å². The number of nitrogens with one attached hydrogen (secondary N) is 1. The first-order valence-electron chi connectivity index (χ1n) is 7.96. The van der Waals surface area contributed by atoms with Crippen LogP contribution in [0, 0.1) is 11.8 Å². The fraction of sp³-hybridized carbons (Fsp3) is 0.867. The van der Waals surface area contributed by atoms with E-state index < -0.39 is 11.9 Å². The van der Waals surface area contributed by atoms with E-state index in [1.165, 1.54) is 0 Å². The molecule has 128 valence electrons. The number of urea groups is 1. The predicted octanol–water partition coefficient (Wildman–Crippen LogP) is 1.53. The van der Waals surface area contributed by atoms with Gasteiger partial charge in [0.15, 0.2) is 6.29 Å². The molecular weight excluding hydrogens is 288 g/mol. The standard InChI is InChI=1S/C15H28N2O5/c1-4-21-13(22-5-2)6-7-16-15(20)17-9-11(3)8-12(10-17)14(18)19/h11-13H,4-10H2,1-3H3,(H,16,20)(H,18,19). The van der Waals surface area contributed by atoms with E-state index in [4.69, 9.17) is 14.6 Å². The largest absolute Gasteiger partial charge is 0.481 e. The van der Waals surface area contributed by atoms with Crippen LogP contribution in [0.15, 0.2) is 0 Å². The van der Waals surface area contributed by atoms with Crippen molar-refractivity contribution in [3.05, 3.63) is 0 Å². The van der Waals surface area contributed by atoms with Crippen LogP contribution in [0.2, 0.25) is 0 Å². The second-order valence-electron chi connectivity index (χ2n) is 5.64. The van der Waals surface area contributed by atoms with Gasteiger partial charge in [-0.15, -0.1) is 0 Å². The van der Waals surface area contributed by atoms with Crippen molar-refractivity contribution in [3.63, 3.8) is 0 Å². The summed E-state index contributed by atoms with van der Waals surface area (Å²) < 4.78 is 10.8. The molecule has 1 aliphatic heterocycles. The lowest BCUT2D eigenvalue weighted by Crippen LogP contribution is -2.49. The number of piperidine rings is 1. The van der Waals surface area contributed by atoms with Gasteiger partial charge < -0.3 is 24.8 Å². The van der Waals surface area contributed by atoms with E-state index in [2.05, 4.69) is 5.32 Å². The van der Waals surface area contributed by atoms with Crippen LogP contribution in [0.25, 0.3) is 0 Å². The van der Waals surface area contributed by atoms with Gasteiger partial charge in [-0.1, -0.05) is 6.92 Å². The summed E-state index contributed by atoms with van der Waals surface area (Å²) in [5.41, 5.74) is 0. The fourth-order valence-corrected chi connectivity index (χ4v) is 2.69. The molecule has 1 rings (SSSR count). The Morgan fingerprint density at radius 2 is 1.91 bits per heavy atom. The number of carboxylic acid groups (broad SMARTS) is 1.